The molecule has 0 aliphatic rings. The summed E-state index contributed by atoms with van der Waals surface area (Å²) in [6.07, 6.45) is -3.46. The van der Waals surface area contributed by atoms with E-state index in [0.717, 1.165) is 6.07 Å². The van der Waals surface area contributed by atoms with Crippen molar-refractivity contribution in [2.75, 3.05) is 5.32 Å². The van der Waals surface area contributed by atoms with E-state index in [1.54, 1.807) is 13.0 Å². The lowest BCUT2D eigenvalue weighted by molar-refractivity contribution is -0.137. The number of rotatable bonds is 7. The summed E-state index contributed by atoms with van der Waals surface area (Å²) in [6, 6.07) is 6.67. The highest BCUT2D eigenvalue weighted by atomic mass is 35.5. The minimum atomic E-state index is -4.89. The molecule has 38 heavy (non-hydrogen) atoms. The van der Waals surface area contributed by atoms with Gasteiger partial charge >= 0.3 is 6.18 Å². The Bertz CT molecular complexity index is 1520. The largest absolute Gasteiger partial charge is 0.416 e. The number of ketones is 1. The van der Waals surface area contributed by atoms with Gasteiger partial charge < -0.3 is 9.88 Å². The average molecular weight is 552 g/mol. The molecule has 0 radical (unpaired) electrons. The number of imidazole rings is 1. The van der Waals surface area contributed by atoms with Gasteiger partial charge in [0.1, 0.15) is 23.1 Å². The molecule has 2 aromatic heterocycles. The van der Waals surface area contributed by atoms with Crippen molar-refractivity contribution in [3.8, 4) is 11.5 Å². The van der Waals surface area contributed by atoms with Crippen LogP contribution in [0.15, 0.2) is 48.7 Å². The number of amides is 1. The number of aromatic nitrogens is 4. The second kappa shape index (κ2) is 10.4. The maximum absolute atomic E-state index is 14.1. The number of hydrogen-bond acceptors (Lipinski definition) is 4. The minimum absolute atomic E-state index is 0.147. The van der Waals surface area contributed by atoms with Crippen LogP contribution in [0.5, 0.6) is 0 Å². The first-order chi connectivity index (χ1) is 17.8. The van der Waals surface area contributed by atoms with Crippen LogP contribution >= 0.6 is 11.6 Å². The van der Waals surface area contributed by atoms with Crippen molar-refractivity contribution in [3.63, 3.8) is 0 Å². The highest BCUT2D eigenvalue weighted by molar-refractivity contribution is 6.31. The van der Waals surface area contributed by atoms with Gasteiger partial charge in [-0.15, -0.1) is 0 Å². The fraction of sp³-hybridized carbons (Fsp3) is 0.200. The van der Waals surface area contributed by atoms with Crippen molar-refractivity contribution in [1.29, 1.82) is 0 Å². The number of nitrogens with zero attached hydrogens (tertiary/aromatic N) is 3. The van der Waals surface area contributed by atoms with Crippen LogP contribution in [-0.4, -0.2) is 31.4 Å². The molecule has 0 bridgehead atoms. The highest BCUT2D eigenvalue weighted by Crippen LogP contribution is 2.37. The Morgan fingerprint density at radius 2 is 1.84 bits per heavy atom. The fourth-order valence-electron chi connectivity index (χ4n) is 4.02. The Morgan fingerprint density at radius 1 is 1.11 bits per heavy atom. The first-order valence-corrected chi connectivity index (χ1v) is 11.5. The van der Waals surface area contributed by atoms with Crippen molar-refractivity contribution in [2.45, 2.75) is 32.5 Å². The second-order valence-electron chi connectivity index (χ2n) is 8.50. The van der Waals surface area contributed by atoms with E-state index in [-0.39, 0.29) is 40.8 Å². The number of H-pyrrole nitrogens is 1. The van der Waals surface area contributed by atoms with Gasteiger partial charge in [0, 0.05) is 22.7 Å². The molecule has 2 N–H and O–H groups in total. The second-order valence-corrected chi connectivity index (χ2v) is 8.90. The number of Topliss-reactive ketones (excluding diaryl/α,β-unsaturated/α-hetero) is 1. The molecule has 0 spiro atoms. The molecule has 13 heteroatoms. The number of halogens is 6. The van der Waals surface area contributed by atoms with E-state index in [1.165, 1.54) is 29.8 Å². The van der Waals surface area contributed by atoms with Gasteiger partial charge in [-0.05, 0) is 55.0 Å². The smallest absolute Gasteiger partial charge is 0.317 e. The van der Waals surface area contributed by atoms with Crippen LogP contribution in [0.1, 0.15) is 46.9 Å². The predicted octanol–water partition coefficient (Wildman–Crippen LogP) is 6.22. The zero-order chi connectivity index (χ0) is 27.8. The van der Waals surface area contributed by atoms with Crippen molar-refractivity contribution in [1.82, 2.24) is 19.7 Å². The average Bonchev–Trinajstić information content (AvgIpc) is 3.47. The summed E-state index contributed by atoms with van der Waals surface area (Å²) in [7, 11) is 0. The lowest BCUT2D eigenvalue weighted by Gasteiger charge is -2.19. The SMILES string of the molecule is CC(=O)Cn1c(-c2ccn[nH]2)nc(NC(=O)c2cc(F)cc(C(F)(F)F)c2)c1[C@@H](C)c1cc(F)ccc1Cl. The summed E-state index contributed by atoms with van der Waals surface area (Å²) in [4.78, 5) is 29.7. The van der Waals surface area contributed by atoms with Crippen LogP contribution in [0.4, 0.5) is 27.8 Å². The van der Waals surface area contributed by atoms with Crippen molar-refractivity contribution >= 4 is 29.1 Å². The molecule has 0 fully saturated rings. The molecule has 0 unspecified atom stereocenters. The number of alkyl halides is 3. The summed E-state index contributed by atoms with van der Waals surface area (Å²) >= 11 is 6.32. The lowest BCUT2D eigenvalue weighted by Crippen LogP contribution is -2.18. The molecular formula is C25H19ClF5N5O2. The molecule has 0 saturated heterocycles. The number of carbonyl (C=O) groups is 2. The van der Waals surface area contributed by atoms with E-state index in [4.69, 9.17) is 11.6 Å². The molecule has 0 aliphatic heterocycles. The Morgan fingerprint density at radius 3 is 2.47 bits per heavy atom. The van der Waals surface area contributed by atoms with Gasteiger partial charge in [0.15, 0.2) is 11.6 Å². The molecule has 2 heterocycles. The molecule has 7 nitrogen and oxygen atoms in total. The number of aromatic amines is 1. The number of benzene rings is 2. The van der Waals surface area contributed by atoms with Gasteiger partial charge in [0.25, 0.3) is 5.91 Å². The molecule has 2 aromatic carbocycles. The quantitative estimate of drug-likeness (QED) is 0.267. The maximum Gasteiger partial charge on any atom is 0.416 e. The Labute approximate surface area is 217 Å². The first-order valence-electron chi connectivity index (χ1n) is 11.1. The third-order valence-electron chi connectivity index (χ3n) is 5.68. The Hall–Kier alpha value is -4.06. The lowest BCUT2D eigenvalue weighted by atomic mass is 9.96. The van der Waals surface area contributed by atoms with Crippen LogP contribution in [0.25, 0.3) is 11.5 Å². The molecular weight excluding hydrogens is 533 g/mol. The van der Waals surface area contributed by atoms with Crippen LogP contribution in [0, 0.1) is 11.6 Å². The summed E-state index contributed by atoms with van der Waals surface area (Å²) in [5, 5.41) is 9.19. The Balaban J connectivity index is 1.88. The van der Waals surface area contributed by atoms with E-state index < -0.39 is 40.8 Å². The van der Waals surface area contributed by atoms with Gasteiger partial charge in [0.05, 0.1) is 17.8 Å². The van der Waals surface area contributed by atoms with E-state index in [0.29, 0.717) is 23.4 Å². The molecule has 1 amide bonds. The number of carbonyl (C=O) groups excluding carboxylic acids is 2. The van der Waals surface area contributed by atoms with Crippen molar-refractivity contribution in [2.24, 2.45) is 0 Å². The zero-order valence-electron chi connectivity index (χ0n) is 19.8. The van der Waals surface area contributed by atoms with Gasteiger partial charge in [-0.1, -0.05) is 18.5 Å². The normalized spacial score (nSPS) is 12.4. The topological polar surface area (TPSA) is 92.7 Å². The van der Waals surface area contributed by atoms with Crippen molar-refractivity contribution < 1.29 is 31.5 Å². The van der Waals surface area contributed by atoms with Gasteiger partial charge in [-0.25, -0.2) is 13.8 Å². The van der Waals surface area contributed by atoms with Crippen LogP contribution in [-0.2, 0) is 17.5 Å². The molecule has 0 saturated carbocycles. The highest BCUT2D eigenvalue weighted by Gasteiger charge is 2.33. The third kappa shape index (κ3) is 5.59. The van der Waals surface area contributed by atoms with E-state index >= 15 is 0 Å². The monoisotopic (exact) mass is 551 g/mol. The summed E-state index contributed by atoms with van der Waals surface area (Å²) < 4.78 is 69.2. The van der Waals surface area contributed by atoms with Crippen LogP contribution in [0.2, 0.25) is 5.02 Å². The van der Waals surface area contributed by atoms with Crippen LogP contribution < -0.4 is 5.32 Å². The first kappa shape index (κ1) is 27.0. The third-order valence-corrected chi connectivity index (χ3v) is 6.03. The predicted molar refractivity (Wildman–Crippen MR) is 129 cm³/mol. The molecule has 0 aliphatic carbocycles. The fourth-order valence-corrected chi connectivity index (χ4v) is 4.30. The number of hydrogen-bond donors (Lipinski definition) is 2. The summed E-state index contributed by atoms with van der Waals surface area (Å²) in [5.74, 6) is -3.98. The van der Waals surface area contributed by atoms with Crippen LogP contribution in [0.3, 0.4) is 0 Å². The van der Waals surface area contributed by atoms with Crippen molar-refractivity contribution in [3.05, 3.63) is 87.7 Å². The maximum atomic E-state index is 14.1. The van der Waals surface area contributed by atoms with E-state index in [1.807, 2.05) is 0 Å². The standard InChI is InChI=1S/C25H19ClF5N5O2/c1-12(37)11-36-21(13(2)18-10-16(27)3-4-19(18)26)22(33-23(36)20-5-6-32-35-20)34-24(38)14-7-15(25(29,30)31)9-17(28)8-14/h3-10,13H,11H2,1-2H3,(H,32,35)(H,34,38)/t13-/m0/s1. The summed E-state index contributed by atoms with van der Waals surface area (Å²) in [6.45, 7) is 2.73. The van der Waals surface area contributed by atoms with E-state index in [9.17, 15) is 31.5 Å². The Kier molecular flexibility index (Phi) is 7.36. The van der Waals surface area contributed by atoms with E-state index in [2.05, 4.69) is 20.5 Å². The number of anilines is 1. The molecule has 4 aromatic rings. The van der Waals surface area contributed by atoms with Gasteiger partial charge in [-0.3, -0.25) is 14.7 Å². The molecule has 4 rings (SSSR count). The number of nitrogens with one attached hydrogen (secondary N) is 2. The molecule has 1 atom stereocenters. The van der Waals surface area contributed by atoms with Gasteiger partial charge in [0.2, 0.25) is 0 Å². The molecule has 198 valence electrons. The van der Waals surface area contributed by atoms with Gasteiger partial charge in [-0.2, -0.15) is 18.3 Å². The minimum Gasteiger partial charge on any atom is -0.317 e. The zero-order valence-corrected chi connectivity index (χ0v) is 20.6. The summed E-state index contributed by atoms with van der Waals surface area (Å²) in [5.41, 5.74) is -1.09.